The van der Waals surface area contributed by atoms with Crippen LogP contribution in [0.3, 0.4) is 0 Å². The summed E-state index contributed by atoms with van der Waals surface area (Å²) in [4.78, 5) is 12.2. The Bertz CT molecular complexity index is 686. The highest BCUT2D eigenvalue weighted by molar-refractivity contribution is 6.40. The van der Waals surface area contributed by atoms with Crippen LogP contribution in [0.2, 0.25) is 15.1 Å². The average Bonchev–Trinajstić information content (AvgIpc) is 2.39. The lowest BCUT2D eigenvalue weighted by Gasteiger charge is -2.12. The number of benzene rings is 2. The Balaban J connectivity index is 2.35. The predicted octanol–water partition coefficient (Wildman–Crippen LogP) is 4.79. The van der Waals surface area contributed by atoms with Gasteiger partial charge in [-0.05, 0) is 36.8 Å². The number of hydrogen-bond donors (Lipinski definition) is 2. The molecule has 0 spiro atoms. The quantitative estimate of drug-likeness (QED) is 0.778. The molecule has 0 unspecified atom stereocenters. The zero-order valence-corrected chi connectivity index (χ0v) is 12.8. The number of hydrogen-bond acceptors (Lipinski definition) is 2. The van der Waals surface area contributed by atoms with E-state index >= 15 is 0 Å². The number of nitrogens with one attached hydrogen (secondary N) is 1. The van der Waals surface area contributed by atoms with E-state index in [9.17, 15) is 4.79 Å². The Morgan fingerprint density at radius 1 is 1.15 bits per heavy atom. The number of nitrogens with two attached hydrogens (primary N) is 1. The Kier molecular flexibility index (Phi) is 4.43. The molecule has 0 fully saturated rings. The Labute approximate surface area is 131 Å². The summed E-state index contributed by atoms with van der Waals surface area (Å²) >= 11 is 18.0. The number of amides is 1. The molecule has 0 aliphatic rings. The van der Waals surface area contributed by atoms with Gasteiger partial charge >= 0.3 is 0 Å². The van der Waals surface area contributed by atoms with Crippen LogP contribution in [-0.4, -0.2) is 5.91 Å². The molecule has 1 amide bonds. The Hall–Kier alpha value is -1.42. The molecule has 0 heterocycles. The number of rotatable bonds is 2. The molecule has 2 aromatic rings. The third-order valence-corrected chi connectivity index (χ3v) is 3.82. The van der Waals surface area contributed by atoms with Crippen LogP contribution in [-0.2, 0) is 0 Å². The summed E-state index contributed by atoms with van der Waals surface area (Å²) in [5.74, 6) is -0.395. The van der Waals surface area contributed by atoms with Crippen molar-refractivity contribution in [3.05, 3.63) is 56.5 Å². The van der Waals surface area contributed by atoms with Crippen molar-refractivity contribution in [2.75, 3.05) is 11.1 Å². The van der Waals surface area contributed by atoms with E-state index in [0.717, 1.165) is 5.56 Å². The van der Waals surface area contributed by atoms with E-state index in [1.165, 1.54) is 6.07 Å². The zero-order valence-electron chi connectivity index (χ0n) is 10.5. The van der Waals surface area contributed by atoms with E-state index in [4.69, 9.17) is 40.5 Å². The molecule has 0 aliphatic heterocycles. The normalized spacial score (nSPS) is 10.4. The third kappa shape index (κ3) is 3.01. The molecule has 3 N–H and O–H groups in total. The first-order valence-corrected chi connectivity index (χ1v) is 6.84. The Morgan fingerprint density at radius 2 is 1.85 bits per heavy atom. The number of nitrogen functional groups attached to an aromatic ring is 1. The summed E-state index contributed by atoms with van der Waals surface area (Å²) in [7, 11) is 0. The maximum Gasteiger partial charge on any atom is 0.257 e. The second-order valence-corrected chi connectivity index (χ2v) is 5.46. The van der Waals surface area contributed by atoms with Crippen molar-refractivity contribution in [1.82, 2.24) is 0 Å². The van der Waals surface area contributed by atoms with Gasteiger partial charge in [0, 0.05) is 10.7 Å². The second-order valence-electron chi connectivity index (χ2n) is 4.24. The summed E-state index contributed by atoms with van der Waals surface area (Å²) in [5.41, 5.74) is 7.55. The largest absolute Gasteiger partial charge is 0.398 e. The van der Waals surface area contributed by atoms with Crippen LogP contribution in [0.5, 0.6) is 0 Å². The van der Waals surface area contributed by atoms with Gasteiger partial charge < -0.3 is 11.1 Å². The predicted molar refractivity (Wildman–Crippen MR) is 85.0 cm³/mol. The van der Waals surface area contributed by atoms with E-state index in [0.29, 0.717) is 26.3 Å². The van der Waals surface area contributed by atoms with Crippen LogP contribution >= 0.6 is 34.8 Å². The van der Waals surface area contributed by atoms with Crippen molar-refractivity contribution in [1.29, 1.82) is 0 Å². The number of carbonyl (C=O) groups excluding carboxylic acids is 1. The molecule has 104 valence electrons. The molecule has 0 atom stereocenters. The smallest absolute Gasteiger partial charge is 0.257 e. The topological polar surface area (TPSA) is 55.1 Å². The molecule has 0 aliphatic carbocycles. The zero-order chi connectivity index (χ0) is 14.9. The van der Waals surface area contributed by atoms with Gasteiger partial charge in [0.1, 0.15) is 0 Å². The van der Waals surface area contributed by atoms with Gasteiger partial charge in [0.05, 0.1) is 21.3 Å². The number of anilines is 2. The van der Waals surface area contributed by atoms with Gasteiger partial charge in [0.2, 0.25) is 0 Å². The molecular weight excluding hydrogens is 319 g/mol. The number of aryl methyl sites for hydroxylation is 1. The molecule has 3 nitrogen and oxygen atoms in total. The first-order valence-electron chi connectivity index (χ1n) is 5.71. The summed E-state index contributed by atoms with van der Waals surface area (Å²) in [6.07, 6.45) is 0. The van der Waals surface area contributed by atoms with Crippen molar-refractivity contribution in [3.63, 3.8) is 0 Å². The lowest BCUT2D eigenvalue weighted by atomic mass is 10.1. The van der Waals surface area contributed by atoms with Gasteiger partial charge in [-0.25, -0.2) is 0 Å². The van der Waals surface area contributed by atoms with Crippen molar-refractivity contribution >= 4 is 52.1 Å². The average molecular weight is 330 g/mol. The molecule has 0 bridgehead atoms. The molecule has 6 heteroatoms. The maximum atomic E-state index is 12.2. The summed E-state index contributed by atoms with van der Waals surface area (Å²) in [6, 6.07) is 8.09. The maximum absolute atomic E-state index is 12.2. The van der Waals surface area contributed by atoms with Crippen LogP contribution < -0.4 is 11.1 Å². The highest BCUT2D eigenvalue weighted by Gasteiger charge is 2.15. The fourth-order valence-electron chi connectivity index (χ4n) is 1.69. The van der Waals surface area contributed by atoms with Crippen molar-refractivity contribution in [2.24, 2.45) is 0 Å². The lowest BCUT2D eigenvalue weighted by molar-refractivity contribution is 0.102. The fraction of sp³-hybridized carbons (Fsp3) is 0.0714. The summed E-state index contributed by atoms with van der Waals surface area (Å²) < 4.78 is 0. The minimum absolute atomic E-state index is 0.287. The molecule has 0 radical (unpaired) electrons. The van der Waals surface area contributed by atoms with E-state index in [1.54, 1.807) is 24.3 Å². The molecule has 2 aromatic carbocycles. The molecule has 20 heavy (non-hydrogen) atoms. The standard InChI is InChI=1S/C14H11Cl3N2O/c1-7-2-5-10(16)13(12(7)17)19-14(20)9-4-3-8(15)6-11(9)18/h2-6H,18H2,1H3,(H,19,20). The Morgan fingerprint density at radius 3 is 2.50 bits per heavy atom. The molecule has 2 rings (SSSR count). The van der Waals surface area contributed by atoms with Gasteiger partial charge in [0.15, 0.2) is 0 Å². The SMILES string of the molecule is Cc1ccc(Cl)c(NC(=O)c2ccc(Cl)cc2N)c1Cl. The molecule has 0 saturated heterocycles. The van der Waals surface area contributed by atoms with E-state index < -0.39 is 5.91 Å². The van der Waals surface area contributed by atoms with Gasteiger partial charge in [-0.15, -0.1) is 0 Å². The summed E-state index contributed by atoms with van der Waals surface area (Å²) in [6.45, 7) is 1.82. The molecule has 0 aromatic heterocycles. The van der Waals surface area contributed by atoms with Gasteiger partial charge in [0.25, 0.3) is 5.91 Å². The first kappa shape index (κ1) is 15.0. The van der Waals surface area contributed by atoms with Crippen LogP contribution in [0.25, 0.3) is 0 Å². The monoisotopic (exact) mass is 328 g/mol. The van der Waals surface area contributed by atoms with Crippen LogP contribution in [0, 0.1) is 6.92 Å². The van der Waals surface area contributed by atoms with Crippen LogP contribution in [0.15, 0.2) is 30.3 Å². The van der Waals surface area contributed by atoms with Gasteiger partial charge in [-0.2, -0.15) is 0 Å². The highest BCUT2D eigenvalue weighted by atomic mass is 35.5. The first-order chi connectivity index (χ1) is 9.40. The molecular formula is C14H11Cl3N2O. The minimum Gasteiger partial charge on any atom is -0.398 e. The van der Waals surface area contributed by atoms with E-state index in [2.05, 4.69) is 5.32 Å². The van der Waals surface area contributed by atoms with Crippen molar-refractivity contribution < 1.29 is 4.79 Å². The summed E-state index contributed by atoms with van der Waals surface area (Å²) in [5, 5.41) is 3.90. The second kappa shape index (κ2) is 5.92. The highest BCUT2D eigenvalue weighted by Crippen LogP contribution is 2.33. The number of halogens is 3. The third-order valence-electron chi connectivity index (χ3n) is 2.78. The van der Waals surface area contributed by atoms with Gasteiger partial charge in [-0.3, -0.25) is 4.79 Å². The van der Waals surface area contributed by atoms with Gasteiger partial charge in [-0.1, -0.05) is 40.9 Å². The fourth-order valence-corrected chi connectivity index (χ4v) is 2.34. The van der Waals surface area contributed by atoms with Crippen molar-refractivity contribution in [2.45, 2.75) is 6.92 Å². The van der Waals surface area contributed by atoms with Crippen LogP contribution in [0.1, 0.15) is 15.9 Å². The lowest BCUT2D eigenvalue weighted by Crippen LogP contribution is -2.14. The minimum atomic E-state index is -0.395. The van der Waals surface area contributed by atoms with E-state index in [-0.39, 0.29) is 5.69 Å². The van der Waals surface area contributed by atoms with Crippen LogP contribution in [0.4, 0.5) is 11.4 Å². The number of carbonyl (C=O) groups is 1. The van der Waals surface area contributed by atoms with Crippen molar-refractivity contribution in [3.8, 4) is 0 Å². The van der Waals surface area contributed by atoms with E-state index in [1.807, 2.05) is 6.92 Å². The molecule has 0 saturated carbocycles.